The molecular weight excluding hydrogens is 312 g/mol. The Morgan fingerprint density at radius 2 is 1.48 bits per heavy atom. The van der Waals surface area contributed by atoms with Gasteiger partial charge in [-0.1, -0.05) is 19.3 Å². The van der Waals surface area contributed by atoms with E-state index in [4.69, 9.17) is 0 Å². The van der Waals surface area contributed by atoms with E-state index in [1.807, 2.05) is 4.90 Å². The summed E-state index contributed by atoms with van der Waals surface area (Å²) < 4.78 is 23.1. The maximum atomic E-state index is 12.5. The van der Waals surface area contributed by atoms with E-state index in [-0.39, 0.29) is 0 Å². The molecule has 3 fully saturated rings. The van der Waals surface area contributed by atoms with Crippen LogP contribution in [0.5, 0.6) is 0 Å². The number of amides is 1. The highest BCUT2D eigenvalue weighted by Crippen LogP contribution is 2.27. The first-order valence-corrected chi connectivity index (χ1v) is 11.1. The standard InChI is InChI=1S/C17H30N2O3S/c20-17(14-15-4-2-1-3-5-15)19-10-8-18(9-11-19)16-6-12-23(21,22)13-7-16/h15-16H,1-14H2. The van der Waals surface area contributed by atoms with Crippen LogP contribution in [-0.2, 0) is 14.6 Å². The fraction of sp³-hybridized carbons (Fsp3) is 0.941. The van der Waals surface area contributed by atoms with Gasteiger partial charge in [0.15, 0.2) is 0 Å². The summed E-state index contributed by atoms with van der Waals surface area (Å²) in [5.74, 6) is 1.61. The lowest BCUT2D eigenvalue weighted by molar-refractivity contribution is -0.134. The Kier molecular flexibility index (Phi) is 5.62. The number of hydrogen-bond acceptors (Lipinski definition) is 4. The van der Waals surface area contributed by atoms with Crippen molar-refractivity contribution in [3.05, 3.63) is 0 Å². The van der Waals surface area contributed by atoms with Crippen LogP contribution >= 0.6 is 0 Å². The molecule has 0 aromatic rings. The molecule has 0 aromatic carbocycles. The molecule has 0 aromatic heterocycles. The second-order valence-corrected chi connectivity index (χ2v) is 9.81. The molecule has 132 valence electrons. The normalized spacial score (nSPS) is 27.9. The van der Waals surface area contributed by atoms with E-state index in [0.29, 0.717) is 29.4 Å². The van der Waals surface area contributed by atoms with Crippen LogP contribution in [0.25, 0.3) is 0 Å². The predicted molar refractivity (Wildman–Crippen MR) is 91.0 cm³/mol. The van der Waals surface area contributed by atoms with Crippen LogP contribution in [0.1, 0.15) is 51.4 Å². The molecule has 2 heterocycles. The van der Waals surface area contributed by atoms with Gasteiger partial charge in [0.1, 0.15) is 9.84 Å². The van der Waals surface area contributed by atoms with Crippen molar-refractivity contribution in [3.8, 4) is 0 Å². The Labute approximate surface area is 140 Å². The number of sulfone groups is 1. The van der Waals surface area contributed by atoms with Crippen LogP contribution in [0, 0.1) is 5.92 Å². The summed E-state index contributed by atoms with van der Waals surface area (Å²) in [4.78, 5) is 16.9. The first-order chi connectivity index (χ1) is 11.0. The van der Waals surface area contributed by atoms with Gasteiger partial charge in [-0.25, -0.2) is 8.42 Å². The Hall–Kier alpha value is -0.620. The summed E-state index contributed by atoms with van der Waals surface area (Å²) in [7, 11) is -2.79. The van der Waals surface area contributed by atoms with E-state index < -0.39 is 9.84 Å². The molecule has 23 heavy (non-hydrogen) atoms. The molecule has 0 unspecified atom stereocenters. The van der Waals surface area contributed by atoms with Gasteiger partial charge >= 0.3 is 0 Å². The molecule has 6 heteroatoms. The highest BCUT2D eigenvalue weighted by Gasteiger charge is 2.31. The van der Waals surface area contributed by atoms with E-state index in [2.05, 4.69) is 4.90 Å². The van der Waals surface area contributed by atoms with Gasteiger partial charge in [0.2, 0.25) is 5.91 Å². The SMILES string of the molecule is O=C(CC1CCCCC1)N1CCN(C2CCS(=O)(=O)CC2)CC1. The zero-order valence-corrected chi connectivity index (χ0v) is 14.9. The third-order valence-corrected chi connectivity index (χ3v) is 7.61. The Morgan fingerprint density at radius 3 is 2.09 bits per heavy atom. The van der Waals surface area contributed by atoms with Crippen molar-refractivity contribution in [2.75, 3.05) is 37.7 Å². The summed E-state index contributed by atoms with van der Waals surface area (Å²) in [6.45, 7) is 3.44. The van der Waals surface area contributed by atoms with Crippen LogP contribution in [0.4, 0.5) is 0 Å². The smallest absolute Gasteiger partial charge is 0.222 e. The van der Waals surface area contributed by atoms with Gasteiger partial charge in [0.25, 0.3) is 0 Å². The zero-order chi connectivity index (χ0) is 16.3. The minimum absolute atomic E-state index is 0.332. The molecular formula is C17H30N2O3S. The van der Waals surface area contributed by atoms with Crippen LogP contribution in [0.2, 0.25) is 0 Å². The monoisotopic (exact) mass is 342 g/mol. The van der Waals surface area contributed by atoms with Gasteiger partial charge < -0.3 is 4.90 Å². The zero-order valence-electron chi connectivity index (χ0n) is 14.1. The lowest BCUT2D eigenvalue weighted by Gasteiger charge is -2.41. The molecule has 3 rings (SSSR count). The number of nitrogens with zero attached hydrogens (tertiary/aromatic N) is 2. The van der Waals surface area contributed by atoms with Crippen molar-refractivity contribution in [3.63, 3.8) is 0 Å². The quantitative estimate of drug-likeness (QED) is 0.783. The maximum Gasteiger partial charge on any atom is 0.222 e. The number of carbonyl (C=O) groups is 1. The third kappa shape index (κ3) is 4.69. The molecule has 0 spiro atoms. The second kappa shape index (κ2) is 7.51. The Morgan fingerprint density at radius 1 is 0.870 bits per heavy atom. The Bertz CT molecular complexity index is 492. The molecule has 0 atom stereocenters. The van der Waals surface area contributed by atoms with Crippen molar-refractivity contribution < 1.29 is 13.2 Å². The maximum absolute atomic E-state index is 12.5. The van der Waals surface area contributed by atoms with Gasteiger partial charge in [0.05, 0.1) is 11.5 Å². The third-order valence-electron chi connectivity index (χ3n) is 5.90. The second-order valence-electron chi connectivity index (χ2n) is 7.51. The van der Waals surface area contributed by atoms with E-state index in [0.717, 1.165) is 45.4 Å². The molecule has 3 aliphatic rings. The van der Waals surface area contributed by atoms with Gasteiger partial charge in [-0.15, -0.1) is 0 Å². The van der Waals surface area contributed by atoms with Crippen molar-refractivity contribution >= 4 is 15.7 Å². The van der Waals surface area contributed by atoms with E-state index in [1.165, 1.54) is 32.1 Å². The van der Waals surface area contributed by atoms with Crippen molar-refractivity contribution in [1.82, 2.24) is 9.80 Å². The summed E-state index contributed by atoms with van der Waals surface area (Å²) in [5.41, 5.74) is 0. The van der Waals surface area contributed by atoms with Gasteiger partial charge in [-0.3, -0.25) is 9.69 Å². The predicted octanol–water partition coefficient (Wildman–Crippen LogP) is 1.68. The molecule has 0 N–H and O–H groups in total. The van der Waals surface area contributed by atoms with E-state index in [9.17, 15) is 13.2 Å². The fourth-order valence-electron chi connectivity index (χ4n) is 4.35. The molecule has 0 radical (unpaired) electrons. The van der Waals surface area contributed by atoms with Crippen molar-refractivity contribution in [2.24, 2.45) is 5.92 Å². The summed E-state index contributed by atoms with van der Waals surface area (Å²) in [6, 6.07) is 0.397. The molecule has 2 saturated heterocycles. The van der Waals surface area contributed by atoms with Gasteiger partial charge in [-0.05, 0) is 31.6 Å². The summed E-state index contributed by atoms with van der Waals surface area (Å²) >= 11 is 0. The van der Waals surface area contributed by atoms with Gasteiger partial charge in [-0.2, -0.15) is 0 Å². The minimum atomic E-state index is -2.79. The highest BCUT2D eigenvalue weighted by molar-refractivity contribution is 7.91. The average Bonchev–Trinajstić information content (AvgIpc) is 2.56. The van der Waals surface area contributed by atoms with Crippen LogP contribution in [-0.4, -0.2) is 67.9 Å². The first kappa shape index (κ1) is 17.2. The topological polar surface area (TPSA) is 57.7 Å². The highest BCUT2D eigenvalue weighted by atomic mass is 32.2. The summed E-state index contributed by atoms with van der Waals surface area (Å²) in [6.07, 6.45) is 8.62. The van der Waals surface area contributed by atoms with E-state index >= 15 is 0 Å². The molecule has 1 saturated carbocycles. The van der Waals surface area contributed by atoms with E-state index in [1.54, 1.807) is 0 Å². The van der Waals surface area contributed by atoms with Crippen molar-refractivity contribution in [2.45, 2.75) is 57.4 Å². The minimum Gasteiger partial charge on any atom is -0.340 e. The van der Waals surface area contributed by atoms with Crippen molar-refractivity contribution in [1.29, 1.82) is 0 Å². The molecule has 2 aliphatic heterocycles. The van der Waals surface area contributed by atoms with Crippen LogP contribution in [0.3, 0.4) is 0 Å². The lowest BCUT2D eigenvalue weighted by Crippen LogP contribution is -2.53. The number of hydrogen-bond donors (Lipinski definition) is 0. The lowest BCUT2D eigenvalue weighted by atomic mass is 9.86. The largest absolute Gasteiger partial charge is 0.340 e. The van der Waals surface area contributed by atoms with Gasteiger partial charge in [0, 0.05) is 38.6 Å². The van der Waals surface area contributed by atoms with Crippen LogP contribution in [0.15, 0.2) is 0 Å². The fourth-order valence-corrected chi connectivity index (χ4v) is 5.81. The Balaban J connectivity index is 1.42. The summed E-state index contributed by atoms with van der Waals surface area (Å²) in [5, 5.41) is 0. The number of rotatable bonds is 3. The van der Waals surface area contributed by atoms with Crippen LogP contribution < -0.4 is 0 Å². The number of piperazine rings is 1. The number of carbonyl (C=O) groups excluding carboxylic acids is 1. The molecule has 0 bridgehead atoms. The molecule has 1 amide bonds. The first-order valence-electron chi connectivity index (χ1n) is 9.26. The average molecular weight is 343 g/mol. The molecule has 1 aliphatic carbocycles. The molecule has 5 nitrogen and oxygen atoms in total.